The summed E-state index contributed by atoms with van der Waals surface area (Å²) in [5.74, 6) is 0.0954. The van der Waals surface area contributed by atoms with Gasteiger partial charge in [-0.2, -0.15) is 0 Å². The molecule has 0 radical (unpaired) electrons. The summed E-state index contributed by atoms with van der Waals surface area (Å²) in [7, 11) is 0. The van der Waals surface area contributed by atoms with Gasteiger partial charge in [0.05, 0.1) is 11.8 Å². The van der Waals surface area contributed by atoms with Gasteiger partial charge >= 0.3 is 0 Å². The lowest BCUT2D eigenvalue weighted by Crippen LogP contribution is -2.42. The molecule has 1 atom stereocenters. The van der Waals surface area contributed by atoms with Gasteiger partial charge in [-0.15, -0.1) is 12.6 Å². The number of carbonyl (C=O) groups excluding carboxylic acids is 1. The second kappa shape index (κ2) is 8.95. The van der Waals surface area contributed by atoms with Crippen LogP contribution in [-0.4, -0.2) is 23.9 Å². The van der Waals surface area contributed by atoms with Crippen molar-refractivity contribution in [3.05, 3.63) is 30.1 Å². The number of ketones is 1. The SMILES string of the molecule is CCCO[B-](CC)(CC)O[C@H](CC(C)=O)c1ccccn1. The number of pyridine rings is 1. The fourth-order valence-electron chi connectivity index (χ4n) is 2.44. The molecule has 5 heteroatoms. The molecule has 4 nitrogen and oxygen atoms in total. The minimum atomic E-state index is -1.38. The predicted octanol–water partition coefficient (Wildman–Crippen LogP) is 4.03. The van der Waals surface area contributed by atoms with Crippen molar-refractivity contribution >= 4 is 12.3 Å². The van der Waals surface area contributed by atoms with Crippen LogP contribution in [0.4, 0.5) is 0 Å². The van der Waals surface area contributed by atoms with Crippen molar-refractivity contribution < 1.29 is 14.1 Å². The molecule has 0 spiro atoms. The van der Waals surface area contributed by atoms with Crippen LogP contribution in [0.15, 0.2) is 24.4 Å². The van der Waals surface area contributed by atoms with Gasteiger partial charge in [0.1, 0.15) is 5.78 Å². The Morgan fingerprint density at radius 1 is 1.29 bits per heavy atom. The number of rotatable bonds is 10. The molecule has 0 bridgehead atoms. The summed E-state index contributed by atoms with van der Waals surface area (Å²) in [5, 5.41) is 0. The second-order valence-corrected chi connectivity index (χ2v) is 5.52. The lowest BCUT2D eigenvalue weighted by atomic mass is 9.52. The van der Waals surface area contributed by atoms with Gasteiger partial charge in [0.2, 0.25) is 6.55 Å². The molecule has 0 N–H and O–H groups in total. The quantitative estimate of drug-likeness (QED) is 0.611. The van der Waals surface area contributed by atoms with E-state index < -0.39 is 6.55 Å². The van der Waals surface area contributed by atoms with Gasteiger partial charge in [0, 0.05) is 19.2 Å². The van der Waals surface area contributed by atoms with Crippen LogP contribution < -0.4 is 0 Å². The predicted molar refractivity (Wildman–Crippen MR) is 86.3 cm³/mol. The maximum absolute atomic E-state index is 11.6. The first-order valence-electron chi connectivity index (χ1n) is 7.96. The van der Waals surface area contributed by atoms with Crippen LogP contribution in [0.3, 0.4) is 0 Å². The molecule has 0 aliphatic heterocycles. The molecule has 0 aromatic carbocycles. The summed E-state index contributed by atoms with van der Waals surface area (Å²) in [6.07, 6.45) is 4.28. The first-order chi connectivity index (χ1) is 10.1. The molecule has 1 heterocycles. The minimum Gasteiger partial charge on any atom is -0.568 e. The van der Waals surface area contributed by atoms with E-state index in [9.17, 15) is 4.79 Å². The van der Waals surface area contributed by atoms with Gasteiger partial charge in [-0.1, -0.05) is 26.8 Å². The monoisotopic (exact) mass is 292 g/mol. The average Bonchev–Trinajstić information content (AvgIpc) is 2.51. The number of carbonyl (C=O) groups is 1. The summed E-state index contributed by atoms with van der Waals surface area (Å²) in [4.78, 5) is 15.9. The third kappa shape index (κ3) is 5.60. The minimum absolute atomic E-state index is 0.0954. The molecule has 1 aromatic rings. The van der Waals surface area contributed by atoms with Crippen LogP contribution in [0.5, 0.6) is 0 Å². The van der Waals surface area contributed by atoms with Crippen molar-refractivity contribution in [2.75, 3.05) is 6.61 Å². The second-order valence-electron chi connectivity index (χ2n) is 5.52. The van der Waals surface area contributed by atoms with Crippen LogP contribution in [0, 0.1) is 0 Å². The Balaban J connectivity index is 2.94. The normalized spacial score (nSPS) is 13.1. The Morgan fingerprint density at radius 3 is 2.48 bits per heavy atom. The lowest BCUT2D eigenvalue weighted by Gasteiger charge is -2.43. The number of nitrogens with zero attached hydrogens (tertiary/aromatic N) is 1. The zero-order chi connectivity index (χ0) is 15.7. The van der Waals surface area contributed by atoms with Crippen molar-refractivity contribution in [1.82, 2.24) is 4.98 Å². The van der Waals surface area contributed by atoms with E-state index in [1.165, 1.54) is 0 Å². The Bertz CT molecular complexity index is 421. The van der Waals surface area contributed by atoms with Crippen LogP contribution in [0.2, 0.25) is 12.6 Å². The third-order valence-corrected chi connectivity index (χ3v) is 3.77. The smallest absolute Gasteiger partial charge is 0.240 e. The molecule has 1 aromatic heterocycles. The Labute approximate surface area is 128 Å². The van der Waals surface area contributed by atoms with Crippen molar-refractivity contribution in [2.24, 2.45) is 0 Å². The van der Waals surface area contributed by atoms with E-state index in [0.717, 1.165) is 24.8 Å². The number of aromatic nitrogens is 1. The van der Waals surface area contributed by atoms with Crippen LogP contribution in [0.25, 0.3) is 0 Å². The fraction of sp³-hybridized carbons (Fsp3) is 0.625. The van der Waals surface area contributed by atoms with Crippen molar-refractivity contribution in [3.63, 3.8) is 0 Å². The van der Waals surface area contributed by atoms with Crippen molar-refractivity contribution in [3.8, 4) is 0 Å². The van der Waals surface area contributed by atoms with Gasteiger partial charge in [0.15, 0.2) is 0 Å². The maximum Gasteiger partial charge on any atom is 0.240 e. The van der Waals surface area contributed by atoms with E-state index >= 15 is 0 Å². The van der Waals surface area contributed by atoms with Crippen LogP contribution in [0.1, 0.15) is 52.3 Å². The molecule has 0 aliphatic rings. The Hall–Kier alpha value is -1.20. The Morgan fingerprint density at radius 2 is 2.00 bits per heavy atom. The zero-order valence-corrected chi connectivity index (χ0v) is 13.7. The van der Waals surface area contributed by atoms with Crippen molar-refractivity contribution in [1.29, 1.82) is 0 Å². The van der Waals surface area contributed by atoms with E-state index in [0.29, 0.717) is 13.0 Å². The van der Waals surface area contributed by atoms with Crippen LogP contribution >= 0.6 is 0 Å². The number of hydrogen-bond acceptors (Lipinski definition) is 4. The first-order valence-corrected chi connectivity index (χ1v) is 7.96. The largest absolute Gasteiger partial charge is 0.568 e. The van der Waals surface area contributed by atoms with Gasteiger partial charge in [-0.05, 0) is 25.5 Å². The molecule has 0 amide bonds. The summed E-state index contributed by atoms with van der Waals surface area (Å²) in [6.45, 7) is 7.11. The molecule has 0 saturated carbocycles. The molecule has 1 rings (SSSR count). The molecule has 0 unspecified atom stereocenters. The van der Waals surface area contributed by atoms with E-state index in [1.54, 1.807) is 13.1 Å². The lowest BCUT2D eigenvalue weighted by molar-refractivity contribution is -0.118. The van der Waals surface area contributed by atoms with Gasteiger partial charge in [-0.25, -0.2) is 0 Å². The number of Topliss-reactive ketones (excluding diaryl/α,β-unsaturated/α-hetero) is 1. The molecule has 0 saturated heterocycles. The Kier molecular flexibility index (Phi) is 7.61. The molecule has 0 fully saturated rings. The highest BCUT2D eigenvalue weighted by molar-refractivity contribution is 6.67. The molecule has 21 heavy (non-hydrogen) atoms. The van der Waals surface area contributed by atoms with Crippen LogP contribution in [-0.2, 0) is 14.1 Å². The summed E-state index contributed by atoms with van der Waals surface area (Å²) in [5.41, 5.74) is 0.793. The number of hydrogen-bond donors (Lipinski definition) is 0. The summed E-state index contributed by atoms with van der Waals surface area (Å²) >= 11 is 0. The van der Waals surface area contributed by atoms with E-state index in [1.807, 2.05) is 18.2 Å². The van der Waals surface area contributed by atoms with Crippen molar-refractivity contribution in [2.45, 2.75) is 59.3 Å². The van der Waals surface area contributed by atoms with Gasteiger partial charge in [0.25, 0.3) is 0 Å². The highest BCUT2D eigenvalue weighted by atomic mass is 16.6. The average molecular weight is 292 g/mol. The molecule has 0 aliphatic carbocycles. The molecular formula is C16H27BNO3-. The fourth-order valence-corrected chi connectivity index (χ4v) is 2.44. The summed E-state index contributed by atoms with van der Waals surface area (Å²) < 4.78 is 12.3. The topological polar surface area (TPSA) is 48.4 Å². The molecular weight excluding hydrogens is 265 g/mol. The van der Waals surface area contributed by atoms with Gasteiger partial charge < -0.3 is 9.31 Å². The van der Waals surface area contributed by atoms with E-state index in [-0.39, 0.29) is 11.9 Å². The highest BCUT2D eigenvalue weighted by Gasteiger charge is 2.28. The van der Waals surface area contributed by atoms with Gasteiger partial charge in [-0.3, -0.25) is 9.78 Å². The maximum atomic E-state index is 11.6. The third-order valence-electron chi connectivity index (χ3n) is 3.77. The van der Waals surface area contributed by atoms with E-state index in [4.69, 9.17) is 9.31 Å². The summed E-state index contributed by atoms with van der Waals surface area (Å²) in [6, 6.07) is 5.68. The first kappa shape index (κ1) is 17.9. The zero-order valence-electron chi connectivity index (χ0n) is 13.7. The van der Waals surface area contributed by atoms with E-state index in [2.05, 4.69) is 25.8 Å². The molecule has 118 valence electrons. The standard InChI is InChI=1S/C16H27BNO3/c1-5-12-20-17(6-2,7-3)21-16(13-14(4)19)15-10-8-9-11-18-15/h8-11,16H,5-7,12-13H2,1-4H3/q-1/t16-/m1/s1. The highest BCUT2D eigenvalue weighted by Crippen LogP contribution is 2.29.